The Morgan fingerprint density at radius 3 is 2.86 bits per heavy atom. The lowest BCUT2D eigenvalue weighted by atomic mass is 9.87. The molecule has 1 saturated heterocycles. The number of nitrogens with zero attached hydrogens (tertiary/aromatic N) is 3. The number of aliphatic hydroxyl groups is 1. The Labute approximate surface area is 203 Å². The van der Waals surface area contributed by atoms with Gasteiger partial charge in [0.1, 0.15) is 5.52 Å². The number of carbonyl (C=O) groups excluding carboxylic acids is 1. The Morgan fingerprint density at radius 2 is 2.14 bits per heavy atom. The first-order valence-electron chi connectivity index (χ1n) is 11.1. The number of hydrogen-bond donors (Lipinski definition) is 3. The van der Waals surface area contributed by atoms with Gasteiger partial charge < -0.3 is 25.0 Å². The molecule has 35 heavy (non-hydrogen) atoms. The molecule has 186 valence electrons. The first kappa shape index (κ1) is 24.0. The topological polar surface area (TPSA) is 103 Å². The molecule has 8 nitrogen and oxygen atoms in total. The summed E-state index contributed by atoms with van der Waals surface area (Å²) in [5.41, 5.74) is 1.45. The SMILES string of the molecule is C[C@](O)(C(=O)N1CCc2cc(-c3cnc4[nH]cc(Cl)c4n3)cc([C@@H]3COCCN3)c2C1)C(F)(F)F. The lowest BCUT2D eigenvalue weighted by Gasteiger charge is -2.37. The Morgan fingerprint density at radius 1 is 1.34 bits per heavy atom. The molecule has 0 radical (unpaired) electrons. The summed E-state index contributed by atoms with van der Waals surface area (Å²) in [6, 6.07) is 3.60. The average molecular weight is 510 g/mol. The maximum Gasteiger partial charge on any atom is 0.426 e. The molecule has 0 bridgehead atoms. The number of rotatable bonds is 3. The first-order chi connectivity index (χ1) is 16.6. The molecular formula is C23H23ClF3N5O3. The smallest absolute Gasteiger partial charge is 0.378 e. The van der Waals surface area contributed by atoms with Crippen LogP contribution in [-0.4, -0.2) is 68.9 Å². The third-order valence-corrected chi connectivity index (χ3v) is 6.85. The van der Waals surface area contributed by atoms with E-state index in [0.717, 1.165) is 27.2 Å². The van der Waals surface area contributed by atoms with Gasteiger partial charge in [0.15, 0.2) is 5.65 Å². The molecule has 2 aromatic heterocycles. The van der Waals surface area contributed by atoms with Crippen LogP contribution in [-0.2, 0) is 22.5 Å². The zero-order valence-electron chi connectivity index (χ0n) is 18.7. The maximum atomic E-state index is 13.3. The molecule has 2 aliphatic heterocycles. The molecular weight excluding hydrogens is 487 g/mol. The molecule has 4 heterocycles. The van der Waals surface area contributed by atoms with Gasteiger partial charge in [-0.1, -0.05) is 11.6 Å². The molecule has 0 spiro atoms. The summed E-state index contributed by atoms with van der Waals surface area (Å²) in [6.45, 7) is 2.02. The number of alkyl halides is 3. The van der Waals surface area contributed by atoms with E-state index in [0.29, 0.717) is 55.0 Å². The Balaban J connectivity index is 1.56. The standard InChI is InChI=1S/C23H23ClF3N5O3/c1-22(34,23(25,26)27)21(33)32-4-2-12-6-13(17-9-30-20-19(31-17)16(24)8-29-20)7-14(15(12)10-32)18-11-35-5-3-28-18/h6-9,18,28,34H,2-5,10-11H2,1H3,(H,29,30)/t18-,22-/m0/s1. The molecule has 5 rings (SSSR count). The number of aromatic amines is 1. The minimum Gasteiger partial charge on any atom is -0.378 e. The summed E-state index contributed by atoms with van der Waals surface area (Å²) < 4.78 is 45.6. The third-order valence-electron chi connectivity index (χ3n) is 6.56. The van der Waals surface area contributed by atoms with Gasteiger partial charge in [-0.25, -0.2) is 9.97 Å². The summed E-state index contributed by atoms with van der Waals surface area (Å²) in [4.78, 5) is 25.7. The molecule has 3 aromatic rings. The second-order valence-corrected chi connectivity index (χ2v) is 9.33. The van der Waals surface area contributed by atoms with Gasteiger partial charge in [0.2, 0.25) is 5.60 Å². The van der Waals surface area contributed by atoms with E-state index in [9.17, 15) is 23.1 Å². The van der Waals surface area contributed by atoms with E-state index in [1.54, 1.807) is 12.4 Å². The van der Waals surface area contributed by atoms with Crippen LogP contribution in [0.4, 0.5) is 13.2 Å². The van der Waals surface area contributed by atoms with Crippen molar-refractivity contribution < 1.29 is 27.8 Å². The first-order valence-corrected chi connectivity index (χ1v) is 11.5. The zero-order chi connectivity index (χ0) is 25.0. The number of benzene rings is 1. The highest BCUT2D eigenvalue weighted by atomic mass is 35.5. The molecule has 0 aliphatic carbocycles. The molecule has 3 N–H and O–H groups in total. The lowest BCUT2D eigenvalue weighted by molar-refractivity contribution is -0.250. The van der Waals surface area contributed by atoms with Crippen molar-refractivity contribution in [2.24, 2.45) is 0 Å². The van der Waals surface area contributed by atoms with E-state index < -0.39 is 17.7 Å². The van der Waals surface area contributed by atoms with Gasteiger partial charge in [-0.3, -0.25) is 4.79 Å². The Kier molecular flexibility index (Phi) is 5.99. The number of amides is 1. The monoisotopic (exact) mass is 509 g/mol. The fourth-order valence-electron chi connectivity index (χ4n) is 4.52. The summed E-state index contributed by atoms with van der Waals surface area (Å²) >= 11 is 6.22. The Hall–Kier alpha value is -2.73. The molecule has 1 aromatic carbocycles. The number of aromatic nitrogens is 3. The van der Waals surface area contributed by atoms with Crippen LogP contribution in [0.1, 0.15) is 29.7 Å². The van der Waals surface area contributed by atoms with Gasteiger partial charge in [0.05, 0.1) is 36.2 Å². The fraction of sp³-hybridized carbons (Fsp3) is 0.435. The van der Waals surface area contributed by atoms with Crippen LogP contribution in [0.25, 0.3) is 22.4 Å². The number of morpholine rings is 1. The average Bonchev–Trinajstić information content (AvgIpc) is 3.22. The van der Waals surface area contributed by atoms with Crippen LogP contribution in [0.15, 0.2) is 24.5 Å². The summed E-state index contributed by atoms with van der Waals surface area (Å²) in [7, 11) is 0. The van der Waals surface area contributed by atoms with Gasteiger partial charge >= 0.3 is 6.18 Å². The van der Waals surface area contributed by atoms with Gasteiger partial charge in [-0.15, -0.1) is 0 Å². The highest BCUT2D eigenvalue weighted by Crippen LogP contribution is 2.36. The van der Waals surface area contributed by atoms with Crippen LogP contribution in [0.3, 0.4) is 0 Å². The van der Waals surface area contributed by atoms with Crippen LogP contribution in [0, 0.1) is 0 Å². The molecule has 12 heteroatoms. The van der Waals surface area contributed by atoms with Crippen molar-refractivity contribution in [2.45, 2.75) is 37.7 Å². The van der Waals surface area contributed by atoms with Gasteiger partial charge in [0, 0.05) is 31.4 Å². The number of nitrogens with one attached hydrogen (secondary N) is 2. The number of halogens is 4. The van der Waals surface area contributed by atoms with Crippen molar-refractivity contribution in [3.8, 4) is 11.3 Å². The minimum atomic E-state index is -5.08. The highest BCUT2D eigenvalue weighted by Gasteiger charge is 2.57. The molecule has 2 aliphatic rings. The van der Waals surface area contributed by atoms with Gasteiger partial charge in [-0.05, 0) is 42.2 Å². The van der Waals surface area contributed by atoms with E-state index in [2.05, 4.69) is 20.3 Å². The predicted octanol–water partition coefficient (Wildman–Crippen LogP) is 3.14. The van der Waals surface area contributed by atoms with Crippen molar-refractivity contribution in [3.63, 3.8) is 0 Å². The second-order valence-electron chi connectivity index (χ2n) is 8.92. The normalized spacial score (nSPS) is 20.5. The van der Waals surface area contributed by atoms with Crippen LogP contribution < -0.4 is 5.32 Å². The summed E-state index contributed by atoms with van der Waals surface area (Å²) in [5, 5.41) is 13.8. The summed E-state index contributed by atoms with van der Waals surface area (Å²) in [6.07, 6.45) is -1.51. The highest BCUT2D eigenvalue weighted by molar-refractivity contribution is 6.34. The third kappa shape index (κ3) is 4.26. The largest absolute Gasteiger partial charge is 0.426 e. The minimum absolute atomic E-state index is 0.0455. The molecule has 0 saturated carbocycles. The van der Waals surface area contributed by atoms with Crippen molar-refractivity contribution >= 4 is 28.7 Å². The van der Waals surface area contributed by atoms with Crippen molar-refractivity contribution in [1.29, 1.82) is 0 Å². The van der Waals surface area contributed by atoms with E-state index in [-0.39, 0.29) is 19.1 Å². The number of ether oxygens (including phenoxy) is 1. The molecule has 2 atom stereocenters. The molecule has 0 unspecified atom stereocenters. The zero-order valence-corrected chi connectivity index (χ0v) is 19.5. The number of fused-ring (bicyclic) bond motifs is 2. The van der Waals surface area contributed by atoms with Gasteiger partial charge in [0.25, 0.3) is 5.91 Å². The number of hydrogen-bond acceptors (Lipinski definition) is 6. The van der Waals surface area contributed by atoms with Crippen LogP contribution >= 0.6 is 11.6 Å². The Bertz CT molecular complexity index is 1290. The van der Waals surface area contributed by atoms with Gasteiger partial charge in [-0.2, -0.15) is 13.2 Å². The van der Waals surface area contributed by atoms with E-state index in [1.807, 2.05) is 12.1 Å². The van der Waals surface area contributed by atoms with Crippen molar-refractivity contribution in [2.75, 3.05) is 26.3 Å². The summed E-state index contributed by atoms with van der Waals surface area (Å²) in [5.74, 6) is -1.36. The predicted molar refractivity (Wildman–Crippen MR) is 122 cm³/mol. The number of carbonyl (C=O) groups is 1. The van der Waals surface area contributed by atoms with E-state index in [4.69, 9.17) is 16.3 Å². The van der Waals surface area contributed by atoms with E-state index in [1.165, 1.54) is 0 Å². The van der Waals surface area contributed by atoms with Crippen LogP contribution in [0.5, 0.6) is 0 Å². The van der Waals surface area contributed by atoms with Crippen molar-refractivity contribution in [3.05, 3.63) is 46.2 Å². The quantitative estimate of drug-likeness (QED) is 0.501. The van der Waals surface area contributed by atoms with Crippen LogP contribution in [0.2, 0.25) is 5.02 Å². The number of H-pyrrole nitrogens is 1. The molecule has 1 amide bonds. The maximum absolute atomic E-state index is 13.3. The van der Waals surface area contributed by atoms with E-state index >= 15 is 0 Å². The fourth-order valence-corrected chi connectivity index (χ4v) is 4.71. The second kappa shape index (κ2) is 8.74. The lowest BCUT2D eigenvalue weighted by Crippen LogP contribution is -2.56. The van der Waals surface area contributed by atoms with Crippen molar-refractivity contribution in [1.82, 2.24) is 25.2 Å². The molecule has 1 fully saturated rings.